The van der Waals surface area contributed by atoms with Crippen molar-refractivity contribution in [2.75, 3.05) is 24.5 Å². The quantitative estimate of drug-likeness (QED) is 0.741. The number of ether oxygens (including phenoxy) is 1. The van der Waals surface area contributed by atoms with E-state index in [-0.39, 0.29) is 19.0 Å². The lowest BCUT2D eigenvalue weighted by molar-refractivity contribution is -0.119. The zero-order valence-electron chi connectivity index (χ0n) is 14.8. The number of benzene rings is 1. The molecule has 0 radical (unpaired) electrons. The molecular formula is C17H20FN5O3S. The lowest BCUT2D eigenvalue weighted by Gasteiger charge is -2.14. The van der Waals surface area contributed by atoms with Gasteiger partial charge in [0.15, 0.2) is 5.01 Å². The van der Waals surface area contributed by atoms with E-state index in [1.807, 2.05) is 0 Å². The molecule has 144 valence electrons. The minimum atomic E-state index is -0.572. The highest BCUT2D eigenvalue weighted by atomic mass is 32.1. The predicted octanol–water partition coefficient (Wildman–Crippen LogP) is 1.70. The molecule has 2 heterocycles. The number of anilines is 1. The largest absolute Gasteiger partial charge is 0.442 e. The van der Waals surface area contributed by atoms with E-state index in [0.29, 0.717) is 29.2 Å². The number of halogens is 1. The standard InChI is InChI=1S/C17H20FN5O3S/c1-10(24)20-8-12-9-23(17(25)26-12)11-4-5-13(14(18)7-11)16-22-21-15(27-16)3-2-6-19/h4-5,7,12H,2-3,6,8-9,19H2,1H3,(H,20,24)/t12-/m0/s1. The van der Waals surface area contributed by atoms with Crippen LogP contribution in [0.1, 0.15) is 18.4 Å². The summed E-state index contributed by atoms with van der Waals surface area (Å²) >= 11 is 1.33. The first-order valence-electron chi connectivity index (χ1n) is 8.53. The summed E-state index contributed by atoms with van der Waals surface area (Å²) in [5.74, 6) is -0.699. The average molecular weight is 393 g/mol. The lowest BCUT2D eigenvalue weighted by atomic mass is 10.2. The van der Waals surface area contributed by atoms with Crippen molar-refractivity contribution >= 4 is 29.0 Å². The molecule has 10 heteroatoms. The van der Waals surface area contributed by atoms with Crippen molar-refractivity contribution in [2.45, 2.75) is 25.9 Å². The molecule has 1 aliphatic rings. The summed E-state index contributed by atoms with van der Waals surface area (Å²) in [7, 11) is 0. The highest BCUT2D eigenvalue weighted by Crippen LogP contribution is 2.31. The Bertz CT molecular complexity index is 844. The van der Waals surface area contributed by atoms with Crippen LogP contribution < -0.4 is 16.0 Å². The predicted molar refractivity (Wildman–Crippen MR) is 99.0 cm³/mol. The van der Waals surface area contributed by atoms with Crippen LogP contribution in [0.4, 0.5) is 14.9 Å². The number of carbonyl (C=O) groups is 2. The Morgan fingerprint density at radius 1 is 1.48 bits per heavy atom. The zero-order chi connectivity index (χ0) is 19.4. The van der Waals surface area contributed by atoms with Crippen molar-refractivity contribution in [1.82, 2.24) is 15.5 Å². The fourth-order valence-corrected chi connectivity index (χ4v) is 3.57. The third-order valence-electron chi connectivity index (χ3n) is 4.01. The van der Waals surface area contributed by atoms with E-state index >= 15 is 0 Å². The van der Waals surface area contributed by atoms with Gasteiger partial charge < -0.3 is 15.8 Å². The van der Waals surface area contributed by atoms with E-state index in [4.69, 9.17) is 10.5 Å². The van der Waals surface area contributed by atoms with Crippen LogP contribution in [0, 0.1) is 5.82 Å². The second-order valence-electron chi connectivity index (χ2n) is 6.11. The maximum Gasteiger partial charge on any atom is 0.414 e. The molecule has 1 saturated heterocycles. The fourth-order valence-electron chi connectivity index (χ4n) is 2.66. The van der Waals surface area contributed by atoms with E-state index in [1.54, 1.807) is 12.1 Å². The van der Waals surface area contributed by atoms with E-state index < -0.39 is 18.0 Å². The minimum absolute atomic E-state index is 0.206. The van der Waals surface area contributed by atoms with E-state index in [0.717, 1.165) is 11.4 Å². The number of rotatable bonds is 7. The molecule has 0 bridgehead atoms. The van der Waals surface area contributed by atoms with E-state index in [9.17, 15) is 14.0 Å². The molecule has 0 spiro atoms. The smallest absolute Gasteiger partial charge is 0.414 e. The number of nitrogens with two attached hydrogens (primary N) is 1. The van der Waals surface area contributed by atoms with Gasteiger partial charge in [0.1, 0.15) is 16.9 Å². The van der Waals surface area contributed by atoms with Crippen LogP contribution in [0.5, 0.6) is 0 Å². The Balaban J connectivity index is 1.72. The molecule has 2 amide bonds. The van der Waals surface area contributed by atoms with Gasteiger partial charge in [0, 0.05) is 18.9 Å². The zero-order valence-corrected chi connectivity index (χ0v) is 15.6. The third kappa shape index (κ3) is 4.58. The number of hydrogen-bond donors (Lipinski definition) is 2. The number of nitrogens with zero attached hydrogens (tertiary/aromatic N) is 3. The maximum absolute atomic E-state index is 14.6. The molecule has 0 saturated carbocycles. The molecule has 8 nitrogen and oxygen atoms in total. The Labute approximate surface area is 159 Å². The van der Waals surface area contributed by atoms with Gasteiger partial charge in [-0.2, -0.15) is 0 Å². The molecule has 0 unspecified atom stereocenters. The van der Waals surface area contributed by atoms with Crippen LogP contribution in [-0.2, 0) is 16.0 Å². The van der Waals surface area contributed by atoms with Gasteiger partial charge >= 0.3 is 6.09 Å². The first-order chi connectivity index (χ1) is 13.0. The molecule has 1 atom stereocenters. The summed E-state index contributed by atoms with van der Waals surface area (Å²) in [5, 5.41) is 12.0. The van der Waals surface area contributed by atoms with Crippen molar-refractivity contribution in [2.24, 2.45) is 5.73 Å². The first kappa shape index (κ1) is 19.2. The van der Waals surface area contributed by atoms with Crippen LogP contribution in [0.25, 0.3) is 10.6 Å². The molecular weight excluding hydrogens is 373 g/mol. The normalized spacial score (nSPS) is 16.5. The first-order valence-corrected chi connectivity index (χ1v) is 9.34. The molecule has 1 aromatic carbocycles. The van der Waals surface area contributed by atoms with Crippen LogP contribution in [0.3, 0.4) is 0 Å². The number of amides is 2. The molecule has 3 rings (SSSR count). The number of aryl methyl sites for hydroxylation is 1. The maximum atomic E-state index is 14.6. The van der Waals surface area contributed by atoms with Gasteiger partial charge in [-0.15, -0.1) is 10.2 Å². The second-order valence-corrected chi connectivity index (χ2v) is 7.17. The number of carbonyl (C=O) groups excluding carboxylic acids is 2. The number of nitrogens with one attached hydrogen (secondary N) is 1. The van der Waals surface area contributed by atoms with Crippen LogP contribution in [0.2, 0.25) is 0 Å². The van der Waals surface area contributed by atoms with Crippen LogP contribution in [-0.4, -0.2) is 47.9 Å². The SMILES string of the molecule is CC(=O)NC[C@H]1CN(c2ccc(-c3nnc(CCCN)s3)c(F)c2)C(=O)O1. The van der Waals surface area contributed by atoms with Crippen LogP contribution >= 0.6 is 11.3 Å². The number of aromatic nitrogens is 2. The van der Waals surface area contributed by atoms with Gasteiger partial charge in [-0.3, -0.25) is 9.69 Å². The Morgan fingerprint density at radius 2 is 2.30 bits per heavy atom. The third-order valence-corrected chi connectivity index (χ3v) is 5.03. The molecule has 27 heavy (non-hydrogen) atoms. The number of hydrogen-bond acceptors (Lipinski definition) is 7. The van der Waals surface area contributed by atoms with E-state index in [1.165, 1.54) is 29.2 Å². The van der Waals surface area contributed by atoms with Gasteiger partial charge in [-0.05, 0) is 31.2 Å². The summed E-state index contributed by atoms with van der Waals surface area (Å²) in [4.78, 5) is 24.4. The lowest BCUT2D eigenvalue weighted by Crippen LogP contribution is -2.33. The van der Waals surface area contributed by atoms with Crippen molar-refractivity contribution in [1.29, 1.82) is 0 Å². The minimum Gasteiger partial charge on any atom is -0.442 e. The summed E-state index contributed by atoms with van der Waals surface area (Å²) in [6, 6.07) is 4.49. The van der Waals surface area contributed by atoms with Crippen molar-refractivity contribution in [3.05, 3.63) is 29.0 Å². The monoisotopic (exact) mass is 393 g/mol. The van der Waals surface area contributed by atoms with Gasteiger partial charge in [-0.1, -0.05) is 11.3 Å². The number of cyclic esters (lactones) is 1. The van der Waals surface area contributed by atoms with Gasteiger partial charge in [0.05, 0.1) is 18.8 Å². The molecule has 3 N–H and O–H groups in total. The summed E-state index contributed by atoms with van der Waals surface area (Å²) in [5.41, 5.74) is 6.20. The van der Waals surface area contributed by atoms with Crippen molar-refractivity contribution in [3.63, 3.8) is 0 Å². The molecule has 1 fully saturated rings. The van der Waals surface area contributed by atoms with Crippen molar-refractivity contribution < 1.29 is 18.7 Å². The fraction of sp³-hybridized carbons (Fsp3) is 0.412. The molecule has 0 aliphatic carbocycles. The second kappa shape index (κ2) is 8.40. The Morgan fingerprint density at radius 3 is 3.00 bits per heavy atom. The van der Waals surface area contributed by atoms with Crippen LogP contribution in [0.15, 0.2) is 18.2 Å². The molecule has 1 aromatic heterocycles. The molecule has 2 aromatic rings. The summed E-state index contributed by atoms with van der Waals surface area (Å²) in [6.45, 7) is 2.40. The average Bonchev–Trinajstić information content (AvgIpc) is 3.24. The van der Waals surface area contributed by atoms with Gasteiger partial charge in [0.2, 0.25) is 5.91 Å². The Hall–Kier alpha value is -2.59. The Kier molecular flexibility index (Phi) is 5.97. The van der Waals surface area contributed by atoms with Gasteiger partial charge in [-0.25, -0.2) is 9.18 Å². The molecule has 1 aliphatic heterocycles. The highest BCUT2D eigenvalue weighted by molar-refractivity contribution is 7.14. The van der Waals surface area contributed by atoms with Crippen molar-refractivity contribution in [3.8, 4) is 10.6 Å². The summed E-state index contributed by atoms with van der Waals surface area (Å²) in [6.07, 6.45) is 0.463. The highest BCUT2D eigenvalue weighted by Gasteiger charge is 2.32. The topological polar surface area (TPSA) is 110 Å². The summed E-state index contributed by atoms with van der Waals surface area (Å²) < 4.78 is 19.8. The van der Waals surface area contributed by atoms with E-state index in [2.05, 4.69) is 15.5 Å². The van der Waals surface area contributed by atoms with Gasteiger partial charge in [0.25, 0.3) is 0 Å².